The molecular weight excluding hydrogens is 673 g/mol. The fourth-order valence-electron chi connectivity index (χ4n) is 8.74. The molecule has 3 aromatic rings. The van der Waals surface area contributed by atoms with Crippen LogP contribution >= 0.6 is 0 Å². The van der Waals surface area contributed by atoms with Crippen LogP contribution in [0.25, 0.3) is 0 Å². The van der Waals surface area contributed by atoms with Gasteiger partial charge in [-0.3, -0.25) is 14.4 Å². The van der Waals surface area contributed by atoms with Gasteiger partial charge in [-0.2, -0.15) is 0 Å². The third kappa shape index (κ3) is 7.07. The van der Waals surface area contributed by atoms with Crippen LogP contribution in [-0.4, -0.2) is 81.8 Å². The second-order valence-electron chi connectivity index (χ2n) is 14.9. The molecule has 3 amide bonds. The zero-order valence-electron chi connectivity index (χ0n) is 30.8. The number of ether oxygens (including phenoxy) is 2. The van der Waals surface area contributed by atoms with Crippen molar-refractivity contribution in [1.29, 1.82) is 0 Å². The number of hydrogen-bond acceptors (Lipinski definition) is 7. The molecule has 2 saturated heterocycles. The van der Waals surface area contributed by atoms with E-state index < -0.39 is 19.8 Å². The molecule has 2 fully saturated rings. The quantitative estimate of drug-likeness (QED) is 0.171. The van der Waals surface area contributed by atoms with E-state index in [4.69, 9.17) is 9.47 Å². The van der Waals surface area contributed by atoms with Crippen molar-refractivity contribution in [2.45, 2.75) is 63.1 Å². The van der Waals surface area contributed by atoms with E-state index in [2.05, 4.69) is 49.4 Å². The lowest BCUT2D eigenvalue weighted by Crippen LogP contribution is -2.52. The summed E-state index contributed by atoms with van der Waals surface area (Å²) in [7, 11) is -0.875. The van der Waals surface area contributed by atoms with Gasteiger partial charge in [0.05, 0.1) is 45.9 Å². The van der Waals surface area contributed by atoms with Crippen LogP contribution in [0.4, 0.5) is 11.4 Å². The van der Waals surface area contributed by atoms with Crippen molar-refractivity contribution < 1.29 is 29.0 Å². The third-order valence-corrected chi connectivity index (χ3v) is 15.8. The summed E-state index contributed by atoms with van der Waals surface area (Å²) in [5.74, 6) is -0.0927. The minimum Gasteiger partial charge on any atom is -0.497 e. The number of nitrogens with zero attached hydrogens (tertiary/aromatic N) is 2. The molecular formula is C41H52N4O6Si. The van der Waals surface area contributed by atoms with Gasteiger partial charge in [0.1, 0.15) is 5.75 Å². The number of aliphatic hydroxyl groups excluding tert-OH is 1. The summed E-state index contributed by atoms with van der Waals surface area (Å²) in [5.41, 5.74) is 1.43. The lowest BCUT2D eigenvalue weighted by molar-refractivity contribution is -0.149. The smallest absolute Gasteiger partial charge is 0.264 e. The van der Waals surface area contributed by atoms with Crippen LogP contribution in [0, 0.1) is 11.8 Å². The molecule has 3 aliphatic rings. The maximum absolute atomic E-state index is 14.9. The summed E-state index contributed by atoms with van der Waals surface area (Å²) < 4.78 is 12.7. The van der Waals surface area contributed by atoms with E-state index in [9.17, 15) is 19.5 Å². The van der Waals surface area contributed by atoms with E-state index >= 15 is 0 Å². The van der Waals surface area contributed by atoms with Crippen LogP contribution in [0.2, 0.25) is 18.6 Å². The minimum atomic E-state index is -2.52. The number of anilines is 2. The normalized spacial score (nSPS) is 24.1. The van der Waals surface area contributed by atoms with Crippen molar-refractivity contribution in [3.05, 3.63) is 96.6 Å². The van der Waals surface area contributed by atoms with Crippen LogP contribution in [0.3, 0.4) is 0 Å². The number of methoxy groups -OCH3 is 1. The number of fused-ring (bicyclic) bond motifs is 2. The first-order valence-corrected chi connectivity index (χ1v) is 21.5. The Morgan fingerprint density at radius 2 is 1.90 bits per heavy atom. The van der Waals surface area contributed by atoms with E-state index in [0.29, 0.717) is 24.3 Å². The highest BCUT2D eigenvalue weighted by Crippen LogP contribution is 2.60. The first-order chi connectivity index (χ1) is 25.0. The van der Waals surface area contributed by atoms with Crippen molar-refractivity contribution in [2.24, 2.45) is 11.8 Å². The lowest BCUT2D eigenvalue weighted by Gasteiger charge is -2.37. The highest BCUT2D eigenvalue weighted by Gasteiger charge is 2.66. The largest absolute Gasteiger partial charge is 0.497 e. The molecule has 0 aromatic heterocycles. The van der Waals surface area contributed by atoms with Gasteiger partial charge >= 0.3 is 0 Å². The second kappa shape index (κ2) is 15.8. The molecule has 3 aromatic carbocycles. The van der Waals surface area contributed by atoms with Crippen LogP contribution in [0.5, 0.6) is 5.75 Å². The highest BCUT2D eigenvalue weighted by molar-refractivity contribution is 6.91. The summed E-state index contributed by atoms with van der Waals surface area (Å²) in [4.78, 5) is 45.9. The van der Waals surface area contributed by atoms with Gasteiger partial charge in [-0.25, -0.2) is 0 Å². The average molecular weight is 725 g/mol. The Balaban J connectivity index is 1.41. The molecule has 3 heterocycles. The number of hydrogen-bond donors (Lipinski definition) is 3. The number of rotatable bonds is 13. The predicted molar refractivity (Wildman–Crippen MR) is 206 cm³/mol. The van der Waals surface area contributed by atoms with E-state index in [1.165, 1.54) is 0 Å². The van der Waals surface area contributed by atoms with E-state index in [1.54, 1.807) is 23.0 Å². The number of piperidine rings is 1. The van der Waals surface area contributed by atoms with Gasteiger partial charge in [-0.15, -0.1) is 6.58 Å². The van der Waals surface area contributed by atoms with Crippen LogP contribution in [0.15, 0.2) is 85.5 Å². The Hall–Kier alpha value is -4.29. The number of nitrogens with one attached hydrogen (secondary N) is 2. The van der Waals surface area contributed by atoms with Crippen molar-refractivity contribution in [3.8, 4) is 5.75 Å². The Kier molecular flexibility index (Phi) is 11.3. The molecule has 5 atom stereocenters. The first-order valence-electron chi connectivity index (χ1n) is 18.4. The molecule has 0 radical (unpaired) electrons. The maximum atomic E-state index is 14.9. The number of carbonyl (C=O) groups excluding carboxylic acids is 3. The SMILES string of the molecule is C=CCN1C(=O)[C@]2(O[C@H](CC(=O)N(CCO)Cc3ccccc3)[C@@H]([Si](C)(C)c3ccc(OC)cc3)[C@@H]2C)c2cc(NC(=O)C3CCCNC3)ccc21. The summed E-state index contributed by atoms with van der Waals surface area (Å²) >= 11 is 0. The predicted octanol–water partition coefficient (Wildman–Crippen LogP) is 4.79. The van der Waals surface area contributed by atoms with E-state index in [0.717, 1.165) is 41.6 Å². The Labute approximate surface area is 308 Å². The van der Waals surface area contributed by atoms with Gasteiger partial charge in [0, 0.05) is 43.3 Å². The second-order valence-corrected chi connectivity index (χ2v) is 19.5. The monoisotopic (exact) mass is 724 g/mol. The van der Waals surface area contributed by atoms with Crippen molar-refractivity contribution in [3.63, 3.8) is 0 Å². The van der Waals surface area contributed by atoms with Gasteiger partial charge in [0.2, 0.25) is 11.8 Å². The molecule has 0 bridgehead atoms. The van der Waals surface area contributed by atoms with Gasteiger partial charge in [0.25, 0.3) is 5.91 Å². The average Bonchev–Trinajstić information content (AvgIpc) is 3.58. The van der Waals surface area contributed by atoms with Gasteiger partial charge in [0.15, 0.2) is 5.60 Å². The third-order valence-electron chi connectivity index (χ3n) is 11.4. The Morgan fingerprint density at radius 1 is 1.15 bits per heavy atom. The van der Waals surface area contributed by atoms with Crippen molar-refractivity contribution >= 4 is 42.4 Å². The fourth-order valence-corrected chi connectivity index (χ4v) is 12.8. The van der Waals surface area contributed by atoms with E-state index in [-0.39, 0.29) is 61.2 Å². The van der Waals surface area contributed by atoms with Gasteiger partial charge in [-0.05, 0) is 60.8 Å². The van der Waals surface area contributed by atoms with E-state index in [1.807, 2.05) is 60.7 Å². The molecule has 3 aliphatic heterocycles. The van der Waals surface area contributed by atoms with Crippen LogP contribution in [0.1, 0.15) is 37.3 Å². The minimum absolute atomic E-state index is 0.0470. The summed E-state index contributed by atoms with van der Waals surface area (Å²) in [6.45, 7) is 12.8. The van der Waals surface area contributed by atoms with Gasteiger partial charge in [-0.1, -0.05) is 73.7 Å². The summed E-state index contributed by atoms with van der Waals surface area (Å²) in [6.07, 6.45) is 2.91. The zero-order chi connectivity index (χ0) is 37.0. The summed E-state index contributed by atoms with van der Waals surface area (Å²) in [5, 5.41) is 17.6. The molecule has 52 heavy (non-hydrogen) atoms. The Morgan fingerprint density at radius 3 is 2.56 bits per heavy atom. The molecule has 6 rings (SSSR count). The van der Waals surface area contributed by atoms with Crippen LogP contribution < -0.4 is 25.5 Å². The maximum Gasteiger partial charge on any atom is 0.264 e. The highest BCUT2D eigenvalue weighted by atomic mass is 28.3. The molecule has 0 saturated carbocycles. The number of amides is 3. The summed E-state index contributed by atoms with van der Waals surface area (Å²) in [6, 6.07) is 23.5. The van der Waals surface area contributed by atoms with Crippen LogP contribution in [-0.2, 0) is 31.3 Å². The zero-order valence-corrected chi connectivity index (χ0v) is 31.8. The standard InChI is InChI=1S/C41H52N4O6Si/c1-6-21-45-35-19-14-31(43-39(48)30-13-10-20-42-26-30)24-34(35)41(40(45)49)28(2)38(52(4,5)33-17-15-32(50-3)16-18-33)36(51-41)25-37(47)44(22-23-46)27-29-11-8-7-9-12-29/h6-9,11-12,14-19,24,28,30,36,38,42,46H,1,10,13,20-23,25-27H2,2-5H3,(H,43,48)/t28-,30?,36+,38-,41+/m0/s1. The number of benzene rings is 3. The topological polar surface area (TPSA) is 120 Å². The molecule has 1 spiro atoms. The van der Waals surface area contributed by atoms with Crippen molar-refractivity contribution in [1.82, 2.24) is 10.2 Å². The first kappa shape index (κ1) is 37.5. The number of carbonyl (C=O) groups is 3. The molecule has 10 nitrogen and oxygen atoms in total. The lowest BCUT2D eigenvalue weighted by atomic mass is 9.82. The van der Waals surface area contributed by atoms with Gasteiger partial charge < -0.3 is 35.0 Å². The van der Waals surface area contributed by atoms with Crippen molar-refractivity contribution in [2.75, 3.05) is 50.1 Å². The fraction of sp³-hybridized carbons (Fsp3) is 0.439. The molecule has 0 aliphatic carbocycles. The molecule has 3 N–H and O–H groups in total. The molecule has 276 valence electrons. The molecule has 1 unspecified atom stereocenters. The Bertz CT molecular complexity index is 1760. The molecule has 11 heteroatoms. The number of aliphatic hydroxyl groups is 1.